The van der Waals surface area contributed by atoms with Crippen LogP contribution in [-0.2, 0) is 14.3 Å². The van der Waals surface area contributed by atoms with Crippen molar-refractivity contribution in [3.63, 3.8) is 0 Å². The summed E-state index contributed by atoms with van der Waals surface area (Å²) in [5.41, 5.74) is 0. The summed E-state index contributed by atoms with van der Waals surface area (Å²) >= 11 is 0. The van der Waals surface area contributed by atoms with Crippen LogP contribution in [0.4, 0.5) is 0 Å². The van der Waals surface area contributed by atoms with Gasteiger partial charge in [0.1, 0.15) is 0 Å². The standard InChI is InChI=1S/C7H16O3S/c1-4-5-6-7(2)10-11(3,8)9/h7H,4-6H2,1-3H3. The van der Waals surface area contributed by atoms with E-state index in [0.29, 0.717) is 0 Å². The van der Waals surface area contributed by atoms with Crippen LogP contribution < -0.4 is 0 Å². The molecule has 4 heteroatoms. The smallest absolute Gasteiger partial charge is 0.264 e. The first-order valence-corrected chi connectivity index (χ1v) is 5.65. The second-order valence-electron chi connectivity index (χ2n) is 2.75. The van der Waals surface area contributed by atoms with Crippen LogP contribution in [0.1, 0.15) is 33.1 Å². The molecular weight excluding hydrogens is 164 g/mol. The third-order valence-electron chi connectivity index (χ3n) is 1.30. The third-order valence-corrected chi connectivity index (χ3v) is 1.98. The van der Waals surface area contributed by atoms with Gasteiger partial charge in [-0.15, -0.1) is 0 Å². The van der Waals surface area contributed by atoms with Gasteiger partial charge in [0.25, 0.3) is 10.1 Å². The van der Waals surface area contributed by atoms with Gasteiger partial charge in [0.05, 0.1) is 12.4 Å². The van der Waals surface area contributed by atoms with Gasteiger partial charge in [-0.1, -0.05) is 19.8 Å². The first-order valence-electron chi connectivity index (χ1n) is 3.84. The average Bonchev–Trinajstić information content (AvgIpc) is 1.79. The van der Waals surface area contributed by atoms with Crippen LogP contribution >= 0.6 is 0 Å². The van der Waals surface area contributed by atoms with Crippen molar-refractivity contribution in [3.8, 4) is 0 Å². The van der Waals surface area contributed by atoms with E-state index in [0.717, 1.165) is 25.5 Å². The van der Waals surface area contributed by atoms with Gasteiger partial charge in [0.2, 0.25) is 0 Å². The minimum absolute atomic E-state index is 0.176. The van der Waals surface area contributed by atoms with Crippen molar-refractivity contribution in [1.29, 1.82) is 0 Å². The summed E-state index contributed by atoms with van der Waals surface area (Å²) in [4.78, 5) is 0. The average molecular weight is 180 g/mol. The maximum atomic E-state index is 10.6. The normalized spacial score (nSPS) is 14.8. The van der Waals surface area contributed by atoms with Crippen molar-refractivity contribution in [2.24, 2.45) is 0 Å². The second kappa shape index (κ2) is 4.72. The fraction of sp³-hybridized carbons (Fsp3) is 1.00. The van der Waals surface area contributed by atoms with Crippen LogP contribution in [0.25, 0.3) is 0 Å². The van der Waals surface area contributed by atoms with E-state index in [-0.39, 0.29) is 6.10 Å². The lowest BCUT2D eigenvalue weighted by molar-refractivity contribution is 0.217. The predicted molar refractivity (Wildman–Crippen MR) is 44.9 cm³/mol. The summed E-state index contributed by atoms with van der Waals surface area (Å²) in [5, 5.41) is 0. The Kier molecular flexibility index (Phi) is 4.68. The van der Waals surface area contributed by atoms with Gasteiger partial charge < -0.3 is 0 Å². The van der Waals surface area contributed by atoms with Crippen LogP contribution in [0, 0.1) is 0 Å². The highest BCUT2D eigenvalue weighted by Gasteiger charge is 2.08. The van der Waals surface area contributed by atoms with E-state index in [1.807, 2.05) is 0 Å². The SMILES string of the molecule is CCCCC(C)OS(C)(=O)=O. The lowest BCUT2D eigenvalue weighted by Gasteiger charge is -2.08. The number of rotatable bonds is 5. The molecule has 0 aromatic carbocycles. The Labute approximate surface area is 68.9 Å². The van der Waals surface area contributed by atoms with Crippen LogP contribution in [0.2, 0.25) is 0 Å². The van der Waals surface area contributed by atoms with Gasteiger partial charge in [-0.25, -0.2) is 0 Å². The zero-order valence-corrected chi connectivity index (χ0v) is 8.15. The van der Waals surface area contributed by atoms with E-state index < -0.39 is 10.1 Å². The Bertz CT molecular complexity index is 184. The molecule has 0 aliphatic rings. The first-order chi connectivity index (χ1) is 4.95. The molecule has 0 rings (SSSR count). The number of unbranched alkanes of at least 4 members (excludes halogenated alkanes) is 1. The molecule has 0 saturated carbocycles. The fourth-order valence-electron chi connectivity index (χ4n) is 0.838. The number of hydrogen-bond acceptors (Lipinski definition) is 3. The highest BCUT2D eigenvalue weighted by atomic mass is 32.2. The molecule has 68 valence electrons. The van der Waals surface area contributed by atoms with E-state index in [1.54, 1.807) is 6.92 Å². The fourth-order valence-corrected chi connectivity index (χ4v) is 1.53. The second-order valence-corrected chi connectivity index (χ2v) is 4.35. The van der Waals surface area contributed by atoms with E-state index in [9.17, 15) is 8.42 Å². The number of hydrogen-bond donors (Lipinski definition) is 0. The minimum Gasteiger partial charge on any atom is -0.267 e. The largest absolute Gasteiger partial charge is 0.267 e. The lowest BCUT2D eigenvalue weighted by Crippen LogP contribution is -2.13. The maximum absolute atomic E-state index is 10.6. The zero-order valence-electron chi connectivity index (χ0n) is 7.33. The summed E-state index contributed by atoms with van der Waals surface area (Å²) in [6.45, 7) is 3.84. The molecule has 1 unspecified atom stereocenters. The summed E-state index contributed by atoms with van der Waals surface area (Å²) < 4.78 is 25.9. The van der Waals surface area contributed by atoms with Gasteiger partial charge >= 0.3 is 0 Å². The minimum atomic E-state index is -3.25. The molecule has 0 aliphatic heterocycles. The van der Waals surface area contributed by atoms with Gasteiger partial charge in [-0.05, 0) is 13.3 Å². The van der Waals surface area contributed by atoms with E-state index >= 15 is 0 Å². The quantitative estimate of drug-likeness (QED) is 0.603. The molecule has 0 amide bonds. The molecule has 0 heterocycles. The Morgan fingerprint density at radius 3 is 2.36 bits per heavy atom. The molecule has 0 fully saturated rings. The van der Waals surface area contributed by atoms with E-state index in [1.165, 1.54) is 0 Å². The van der Waals surface area contributed by atoms with Crippen molar-refractivity contribution < 1.29 is 12.6 Å². The van der Waals surface area contributed by atoms with Gasteiger partial charge in [-0.2, -0.15) is 8.42 Å². The molecule has 0 spiro atoms. The van der Waals surface area contributed by atoms with Crippen LogP contribution in [0.3, 0.4) is 0 Å². The highest BCUT2D eigenvalue weighted by molar-refractivity contribution is 7.86. The van der Waals surface area contributed by atoms with E-state index in [4.69, 9.17) is 4.18 Å². The Morgan fingerprint density at radius 1 is 1.45 bits per heavy atom. The zero-order chi connectivity index (χ0) is 8.91. The van der Waals surface area contributed by atoms with Crippen molar-refractivity contribution >= 4 is 10.1 Å². The Balaban J connectivity index is 3.61. The van der Waals surface area contributed by atoms with Crippen molar-refractivity contribution in [2.45, 2.75) is 39.2 Å². The summed E-state index contributed by atoms with van der Waals surface area (Å²) in [7, 11) is -3.25. The molecule has 1 atom stereocenters. The highest BCUT2D eigenvalue weighted by Crippen LogP contribution is 2.05. The molecule has 0 aliphatic carbocycles. The molecular formula is C7H16O3S. The van der Waals surface area contributed by atoms with E-state index in [2.05, 4.69) is 6.92 Å². The monoisotopic (exact) mass is 180 g/mol. The molecule has 0 bridgehead atoms. The first kappa shape index (κ1) is 10.9. The van der Waals surface area contributed by atoms with Crippen molar-refractivity contribution in [2.75, 3.05) is 6.26 Å². The third kappa shape index (κ3) is 7.81. The predicted octanol–water partition coefficient (Wildman–Crippen LogP) is 1.54. The van der Waals surface area contributed by atoms with Gasteiger partial charge in [0.15, 0.2) is 0 Å². The maximum Gasteiger partial charge on any atom is 0.264 e. The van der Waals surface area contributed by atoms with Crippen molar-refractivity contribution in [1.82, 2.24) is 0 Å². The van der Waals surface area contributed by atoms with Gasteiger partial charge in [0, 0.05) is 0 Å². The molecule has 0 aromatic heterocycles. The van der Waals surface area contributed by atoms with Crippen LogP contribution in [-0.4, -0.2) is 20.8 Å². The molecule has 3 nitrogen and oxygen atoms in total. The molecule has 0 radical (unpaired) electrons. The molecule has 11 heavy (non-hydrogen) atoms. The Hall–Kier alpha value is -0.0900. The summed E-state index contributed by atoms with van der Waals surface area (Å²) in [5.74, 6) is 0. The van der Waals surface area contributed by atoms with Crippen LogP contribution in [0.15, 0.2) is 0 Å². The molecule has 0 saturated heterocycles. The summed E-state index contributed by atoms with van der Waals surface area (Å²) in [6.07, 6.45) is 3.79. The Morgan fingerprint density at radius 2 is 2.00 bits per heavy atom. The van der Waals surface area contributed by atoms with Crippen LogP contribution in [0.5, 0.6) is 0 Å². The summed E-state index contributed by atoms with van der Waals surface area (Å²) in [6, 6.07) is 0. The van der Waals surface area contributed by atoms with Crippen molar-refractivity contribution in [3.05, 3.63) is 0 Å². The van der Waals surface area contributed by atoms with Gasteiger partial charge in [-0.3, -0.25) is 4.18 Å². The lowest BCUT2D eigenvalue weighted by atomic mass is 10.2. The molecule has 0 aromatic rings. The topological polar surface area (TPSA) is 43.4 Å². The molecule has 0 N–H and O–H groups in total.